The summed E-state index contributed by atoms with van der Waals surface area (Å²) in [6.45, 7) is 9.20. The predicted molar refractivity (Wildman–Crippen MR) is 85.6 cm³/mol. The van der Waals surface area contributed by atoms with Gasteiger partial charge in [-0.25, -0.2) is 0 Å². The number of hydrogen-bond acceptors (Lipinski definition) is 3. The van der Waals surface area contributed by atoms with Crippen molar-refractivity contribution in [3.05, 3.63) is 29.8 Å². The Morgan fingerprint density at radius 1 is 1.30 bits per heavy atom. The number of aliphatic carboxylic acids is 1. The first-order valence-electron chi connectivity index (χ1n) is 7.04. The first kappa shape index (κ1) is 17.1. The summed E-state index contributed by atoms with van der Waals surface area (Å²) in [5, 5.41) is 12.0. The summed E-state index contributed by atoms with van der Waals surface area (Å²) in [6.07, 6.45) is 0.634. The molecule has 1 unspecified atom stereocenters. The van der Waals surface area contributed by atoms with Gasteiger partial charge in [0.25, 0.3) is 0 Å². The molecule has 0 heterocycles. The summed E-state index contributed by atoms with van der Waals surface area (Å²) in [4.78, 5) is 12.2. The fraction of sp³-hybridized carbons (Fsp3) is 0.562. The molecule has 1 aromatic rings. The molecule has 2 N–H and O–H groups in total. The van der Waals surface area contributed by atoms with Gasteiger partial charge in [0.05, 0.1) is 0 Å². The highest BCUT2D eigenvalue weighted by molar-refractivity contribution is 7.99. The first-order valence-corrected chi connectivity index (χ1v) is 8.02. The Hall–Kier alpha value is -1.00. The highest BCUT2D eigenvalue weighted by Crippen LogP contribution is 2.26. The third kappa shape index (κ3) is 5.55. The molecule has 112 valence electrons. The number of benzene rings is 1. The topological polar surface area (TPSA) is 49.3 Å². The van der Waals surface area contributed by atoms with Crippen molar-refractivity contribution in [2.75, 3.05) is 12.3 Å². The molecule has 1 atom stereocenters. The van der Waals surface area contributed by atoms with Crippen molar-refractivity contribution in [1.82, 2.24) is 5.32 Å². The van der Waals surface area contributed by atoms with E-state index in [4.69, 9.17) is 5.11 Å². The molecule has 0 radical (unpaired) electrons. The Morgan fingerprint density at radius 3 is 2.35 bits per heavy atom. The van der Waals surface area contributed by atoms with Crippen molar-refractivity contribution in [1.29, 1.82) is 0 Å². The van der Waals surface area contributed by atoms with E-state index in [0.717, 1.165) is 5.75 Å². The second-order valence-electron chi connectivity index (χ2n) is 5.86. The maximum Gasteiger partial charge on any atom is 0.320 e. The lowest BCUT2D eigenvalue weighted by Gasteiger charge is -2.19. The summed E-state index contributed by atoms with van der Waals surface area (Å²) in [5.74, 6) is 0.0364. The maximum atomic E-state index is 11.0. The van der Waals surface area contributed by atoms with Gasteiger partial charge in [-0.3, -0.25) is 4.79 Å². The highest BCUT2D eigenvalue weighted by Gasteiger charge is 2.16. The number of hydrogen-bond donors (Lipinski definition) is 2. The SMILES string of the molecule is CCNC(CCSc1ccc(C(C)(C)C)cc1)C(=O)O. The van der Waals surface area contributed by atoms with Gasteiger partial charge in [0.2, 0.25) is 0 Å². The van der Waals surface area contributed by atoms with Gasteiger partial charge in [-0.05, 0) is 36.1 Å². The average molecular weight is 295 g/mol. The van der Waals surface area contributed by atoms with Gasteiger partial charge in [0.15, 0.2) is 0 Å². The molecule has 0 aliphatic rings. The van der Waals surface area contributed by atoms with Crippen LogP contribution < -0.4 is 5.32 Å². The van der Waals surface area contributed by atoms with Crippen LogP contribution in [-0.4, -0.2) is 29.4 Å². The van der Waals surface area contributed by atoms with Crippen molar-refractivity contribution in [3.8, 4) is 0 Å². The van der Waals surface area contributed by atoms with E-state index in [0.29, 0.717) is 13.0 Å². The fourth-order valence-electron chi connectivity index (χ4n) is 1.91. The summed E-state index contributed by atoms with van der Waals surface area (Å²) < 4.78 is 0. The maximum absolute atomic E-state index is 11.0. The molecular formula is C16H25NO2S. The minimum absolute atomic E-state index is 0.169. The van der Waals surface area contributed by atoms with E-state index in [-0.39, 0.29) is 5.41 Å². The average Bonchev–Trinajstić information content (AvgIpc) is 2.37. The molecule has 0 saturated carbocycles. The zero-order valence-electron chi connectivity index (χ0n) is 12.8. The number of carboxylic acid groups (broad SMARTS) is 1. The van der Waals surface area contributed by atoms with Gasteiger partial charge in [0, 0.05) is 10.6 Å². The van der Waals surface area contributed by atoms with Gasteiger partial charge >= 0.3 is 5.97 Å². The molecule has 0 aromatic heterocycles. The lowest BCUT2D eigenvalue weighted by Crippen LogP contribution is -2.36. The van der Waals surface area contributed by atoms with E-state index in [1.54, 1.807) is 11.8 Å². The molecule has 0 amide bonds. The summed E-state index contributed by atoms with van der Waals surface area (Å²) in [7, 11) is 0. The van der Waals surface area contributed by atoms with Gasteiger partial charge in [-0.15, -0.1) is 11.8 Å². The molecule has 4 heteroatoms. The minimum atomic E-state index is -0.768. The van der Waals surface area contributed by atoms with Crippen LogP contribution in [0.3, 0.4) is 0 Å². The quantitative estimate of drug-likeness (QED) is 0.756. The Kier molecular flexibility index (Phi) is 6.56. The summed E-state index contributed by atoms with van der Waals surface area (Å²) in [5.41, 5.74) is 1.49. The number of likely N-dealkylation sites (N-methyl/N-ethyl adjacent to an activating group) is 1. The third-order valence-corrected chi connectivity index (χ3v) is 4.19. The second-order valence-corrected chi connectivity index (χ2v) is 7.03. The normalized spacial score (nSPS) is 13.2. The zero-order valence-corrected chi connectivity index (χ0v) is 13.6. The fourth-order valence-corrected chi connectivity index (χ4v) is 2.82. The van der Waals surface area contributed by atoms with Crippen LogP contribution in [0, 0.1) is 0 Å². The molecule has 20 heavy (non-hydrogen) atoms. The number of carbonyl (C=O) groups is 1. The van der Waals surface area contributed by atoms with Gasteiger partial charge < -0.3 is 10.4 Å². The van der Waals surface area contributed by atoms with Crippen LogP contribution in [0.25, 0.3) is 0 Å². The van der Waals surface area contributed by atoms with Crippen molar-refractivity contribution in [2.24, 2.45) is 0 Å². The van der Waals surface area contributed by atoms with E-state index >= 15 is 0 Å². The Bertz CT molecular complexity index is 423. The number of carboxylic acids is 1. The number of thioether (sulfide) groups is 1. The third-order valence-electron chi connectivity index (χ3n) is 3.14. The van der Waals surface area contributed by atoms with E-state index in [9.17, 15) is 4.79 Å². The van der Waals surface area contributed by atoms with Crippen LogP contribution in [0.4, 0.5) is 0 Å². The lowest BCUT2D eigenvalue weighted by molar-refractivity contribution is -0.139. The van der Waals surface area contributed by atoms with Crippen molar-refractivity contribution < 1.29 is 9.90 Å². The van der Waals surface area contributed by atoms with Crippen molar-refractivity contribution in [2.45, 2.75) is 50.5 Å². The van der Waals surface area contributed by atoms with Gasteiger partial charge in [0.1, 0.15) is 6.04 Å². The second kappa shape index (κ2) is 7.70. The molecule has 1 rings (SSSR count). The minimum Gasteiger partial charge on any atom is -0.480 e. The molecule has 0 aliphatic heterocycles. The van der Waals surface area contributed by atoms with E-state index in [1.807, 2.05) is 6.92 Å². The Balaban J connectivity index is 2.48. The molecule has 0 fully saturated rings. The van der Waals surface area contributed by atoms with Crippen LogP contribution in [0.1, 0.15) is 39.7 Å². The first-order chi connectivity index (χ1) is 9.34. The van der Waals surface area contributed by atoms with Crippen LogP contribution in [0.2, 0.25) is 0 Å². The largest absolute Gasteiger partial charge is 0.480 e. The molecule has 0 saturated heterocycles. The highest BCUT2D eigenvalue weighted by atomic mass is 32.2. The summed E-state index contributed by atoms with van der Waals surface area (Å²) >= 11 is 1.71. The molecule has 0 aliphatic carbocycles. The van der Waals surface area contributed by atoms with E-state index in [1.165, 1.54) is 10.5 Å². The summed E-state index contributed by atoms with van der Waals surface area (Å²) in [6, 6.07) is 8.10. The van der Waals surface area contributed by atoms with Crippen molar-refractivity contribution >= 4 is 17.7 Å². The Morgan fingerprint density at radius 2 is 1.90 bits per heavy atom. The zero-order chi connectivity index (χ0) is 15.2. The van der Waals surface area contributed by atoms with Gasteiger partial charge in [-0.1, -0.05) is 39.8 Å². The smallest absolute Gasteiger partial charge is 0.320 e. The molecule has 3 nitrogen and oxygen atoms in total. The van der Waals surface area contributed by atoms with Crippen LogP contribution in [0.5, 0.6) is 0 Å². The Labute approximate surface area is 126 Å². The molecule has 0 spiro atoms. The number of rotatable bonds is 7. The van der Waals surface area contributed by atoms with Crippen LogP contribution in [-0.2, 0) is 10.2 Å². The van der Waals surface area contributed by atoms with E-state index < -0.39 is 12.0 Å². The van der Waals surface area contributed by atoms with Crippen LogP contribution >= 0.6 is 11.8 Å². The monoisotopic (exact) mass is 295 g/mol. The van der Waals surface area contributed by atoms with Gasteiger partial charge in [-0.2, -0.15) is 0 Å². The molecule has 0 bridgehead atoms. The standard InChI is InChI=1S/C16H25NO2S/c1-5-17-14(15(18)19)10-11-20-13-8-6-12(7-9-13)16(2,3)4/h6-9,14,17H,5,10-11H2,1-4H3,(H,18,19). The lowest BCUT2D eigenvalue weighted by atomic mass is 9.87. The van der Waals surface area contributed by atoms with Crippen molar-refractivity contribution in [3.63, 3.8) is 0 Å². The van der Waals surface area contributed by atoms with E-state index in [2.05, 4.69) is 50.4 Å². The van der Waals surface area contributed by atoms with Crippen LogP contribution in [0.15, 0.2) is 29.2 Å². The molecule has 1 aromatic carbocycles. The number of nitrogens with one attached hydrogen (secondary N) is 1. The molecular weight excluding hydrogens is 270 g/mol. The predicted octanol–water partition coefficient (Wildman–Crippen LogP) is 3.53.